The average molecular weight is 104 g/mol. The van der Waals surface area contributed by atoms with E-state index in [2.05, 4.69) is 12.3 Å². The summed E-state index contributed by atoms with van der Waals surface area (Å²) in [6.45, 7) is 3.59. The van der Waals surface area contributed by atoms with Crippen molar-refractivity contribution in [1.82, 2.24) is 0 Å². The molecule has 0 aliphatic heterocycles. The number of hydrogen-bond donors (Lipinski definition) is 0. The van der Waals surface area contributed by atoms with Gasteiger partial charge in [-0.05, 0) is 24.1 Å². The quantitative estimate of drug-likeness (QED) is 0.447. The van der Waals surface area contributed by atoms with Crippen LogP contribution in [-0.4, -0.2) is 0 Å². The van der Waals surface area contributed by atoms with Crippen molar-refractivity contribution in [1.29, 1.82) is 0 Å². The predicted molar refractivity (Wildman–Crippen MR) is 35.5 cm³/mol. The Hall–Kier alpha value is -1.00. The molecule has 0 unspecified atom stereocenters. The molecule has 40 valence electrons. The van der Waals surface area contributed by atoms with Crippen LogP contribution >= 0.6 is 0 Å². The van der Waals surface area contributed by atoms with Crippen LogP contribution in [0.5, 0.6) is 0 Å². The minimum Gasteiger partial charge on any atom is -0.125 e. The maximum Gasteiger partial charge on any atom is -0.00151 e. The molecule has 0 heteroatoms. The zero-order valence-electron chi connectivity index (χ0n) is 4.72. The molecule has 0 amide bonds. The van der Waals surface area contributed by atoms with Crippen LogP contribution in [0.3, 0.4) is 0 Å². The van der Waals surface area contributed by atoms with Gasteiger partial charge in [0.1, 0.15) is 0 Å². The van der Waals surface area contributed by atoms with Crippen LogP contribution in [0, 0.1) is 0 Å². The van der Waals surface area contributed by atoms with E-state index < -0.39 is 0 Å². The number of allylic oxidation sites excluding steroid dienone is 4. The molecule has 0 saturated heterocycles. The van der Waals surface area contributed by atoms with Crippen LogP contribution < -0.4 is 0 Å². The third-order valence-electron chi connectivity index (χ3n) is 1.06. The maximum atomic E-state index is 3.59. The molecule has 0 fully saturated rings. The van der Waals surface area contributed by atoms with Gasteiger partial charge in [-0.2, -0.15) is 0 Å². The van der Waals surface area contributed by atoms with Gasteiger partial charge in [0.05, 0.1) is 0 Å². The topological polar surface area (TPSA) is 0 Å². The monoisotopic (exact) mass is 104 g/mol. The van der Waals surface area contributed by atoms with Gasteiger partial charge in [-0.25, -0.2) is 0 Å². The smallest absolute Gasteiger partial charge is 0.00151 e. The molecule has 1 aliphatic carbocycles. The van der Waals surface area contributed by atoms with E-state index in [1.54, 1.807) is 6.08 Å². The van der Waals surface area contributed by atoms with Crippen molar-refractivity contribution in [3.8, 4) is 0 Å². The Morgan fingerprint density at radius 1 is 1.75 bits per heavy atom. The zero-order valence-corrected chi connectivity index (χ0v) is 4.72. The Morgan fingerprint density at radius 3 is 3.12 bits per heavy atom. The highest BCUT2D eigenvalue weighted by atomic mass is 13.9. The van der Waals surface area contributed by atoms with Gasteiger partial charge in [0.2, 0.25) is 0 Å². The summed E-state index contributed by atoms with van der Waals surface area (Å²) in [5, 5.41) is 0. The molecule has 0 aromatic heterocycles. The van der Waals surface area contributed by atoms with Gasteiger partial charge in [0.15, 0.2) is 0 Å². The normalized spacial score (nSPS) is 20.2. The fourth-order valence-electron chi connectivity index (χ4n) is 0.669. The molecule has 0 nitrogen and oxygen atoms in total. The van der Waals surface area contributed by atoms with Crippen LogP contribution in [0.15, 0.2) is 42.2 Å². The van der Waals surface area contributed by atoms with Crippen LogP contribution in [0.2, 0.25) is 0 Å². The van der Waals surface area contributed by atoms with E-state index in [0.29, 0.717) is 0 Å². The third kappa shape index (κ3) is 0.988. The number of rotatable bonds is 1. The van der Waals surface area contributed by atoms with Crippen LogP contribution in [0.4, 0.5) is 0 Å². The summed E-state index contributed by atoms with van der Waals surface area (Å²) < 4.78 is 0. The van der Waals surface area contributed by atoms with Gasteiger partial charge in [0.25, 0.3) is 0 Å². The van der Waals surface area contributed by atoms with E-state index in [-0.39, 0.29) is 0 Å². The lowest BCUT2D eigenvalue weighted by atomic mass is 10.2. The van der Waals surface area contributed by atoms with E-state index in [1.807, 2.05) is 18.2 Å². The standard InChI is InChI=1S/C8H8/c1-2-5-8-6-3-4-7-8/h2-3,5,7H,1,6H2/b8-5+. The molecule has 0 N–H and O–H groups in total. The molecule has 0 aromatic carbocycles. The molecule has 0 heterocycles. The molecule has 0 atom stereocenters. The third-order valence-corrected chi connectivity index (χ3v) is 1.06. The molecular weight excluding hydrogens is 96.1 g/mol. The molecular formula is C8H8. The highest BCUT2D eigenvalue weighted by Gasteiger charge is 1.89. The lowest BCUT2D eigenvalue weighted by Crippen LogP contribution is -1.65. The summed E-state index contributed by atoms with van der Waals surface area (Å²) in [6.07, 6.45) is 8.80. The van der Waals surface area contributed by atoms with Gasteiger partial charge < -0.3 is 0 Å². The van der Waals surface area contributed by atoms with Crippen LogP contribution in [-0.2, 0) is 0 Å². The highest BCUT2D eigenvalue weighted by Crippen LogP contribution is 2.08. The van der Waals surface area contributed by atoms with Crippen LogP contribution in [0.1, 0.15) is 6.42 Å². The van der Waals surface area contributed by atoms with Crippen molar-refractivity contribution in [2.75, 3.05) is 0 Å². The van der Waals surface area contributed by atoms with Crippen molar-refractivity contribution in [2.45, 2.75) is 6.42 Å². The summed E-state index contributed by atoms with van der Waals surface area (Å²) in [4.78, 5) is 0. The largest absolute Gasteiger partial charge is 0.125 e. The minimum atomic E-state index is 1.02. The SMILES string of the molecule is C=C/C=C1/C=C=CC1. The Balaban J connectivity index is 2.65. The fourth-order valence-corrected chi connectivity index (χ4v) is 0.669. The van der Waals surface area contributed by atoms with Gasteiger partial charge in [-0.3, -0.25) is 0 Å². The van der Waals surface area contributed by atoms with E-state index in [9.17, 15) is 0 Å². The van der Waals surface area contributed by atoms with E-state index in [1.165, 1.54) is 5.57 Å². The molecule has 0 aromatic rings. The highest BCUT2D eigenvalue weighted by molar-refractivity contribution is 5.29. The van der Waals surface area contributed by atoms with Crippen molar-refractivity contribution < 1.29 is 0 Å². The fraction of sp³-hybridized carbons (Fsp3) is 0.125. The Morgan fingerprint density at radius 2 is 2.62 bits per heavy atom. The average Bonchev–Trinajstić information content (AvgIpc) is 2.19. The van der Waals surface area contributed by atoms with Crippen molar-refractivity contribution in [2.24, 2.45) is 0 Å². The number of hydrogen-bond acceptors (Lipinski definition) is 0. The molecule has 0 bridgehead atoms. The van der Waals surface area contributed by atoms with E-state index in [4.69, 9.17) is 0 Å². The predicted octanol–water partition coefficient (Wildman–Crippen LogP) is 2.21. The molecule has 0 spiro atoms. The summed E-state index contributed by atoms with van der Waals surface area (Å²) >= 11 is 0. The summed E-state index contributed by atoms with van der Waals surface area (Å²) in [5.74, 6) is 0. The van der Waals surface area contributed by atoms with Crippen LogP contribution in [0.25, 0.3) is 0 Å². The second-order valence-corrected chi connectivity index (χ2v) is 1.70. The molecule has 0 radical (unpaired) electrons. The van der Waals surface area contributed by atoms with Gasteiger partial charge >= 0.3 is 0 Å². The maximum absolute atomic E-state index is 3.59. The summed E-state index contributed by atoms with van der Waals surface area (Å²) in [5.41, 5.74) is 4.28. The molecule has 1 rings (SSSR count). The second kappa shape index (κ2) is 2.34. The van der Waals surface area contributed by atoms with Crippen molar-refractivity contribution in [3.63, 3.8) is 0 Å². The first-order chi connectivity index (χ1) is 3.93. The Kier molecular flexibility index (Phi) is 1.51. The van der Waals surface area contributed by atoms with E-state index in [0.717, 1.165) is 6.42 Å². The van der Waals surface area contributed by atoms with Gasteiger partial charge in [-0.1, -0.05) is 18.7 Å². The first-order valence-corrected chi connectivity index (χ1v) is 2.66. The van der Waals surface area contributed by atoms with E-state index >= 15 is 0 Å². The summed E-state index contributed by atoms with van der Waals surface area (Å²) in [6, 6.07) is 0. The van der Waals surface area contributed by atoms with Gasteiger partial charge in [-0.15, -0.1) is 5.73 Å². The minimum absolute atomic E-state index is 1.02. The van der Waals surface area contributed by atoms with Crippen molar-refractivity contribution in [3.05, 3.63) is 42.2 Å². The lowest BCUT2D eigenvalue weighted by Gasteiger charge is -1.83. The second-order valence-electron chi connectivity index (χ2n) is 1.70. The first-order valence-electron chi connectivity index (χ1n) is 2.66. The Labute approximate surface area is 49.5 Å². The zero-order chi connectivity index (χ0) is 5.82. The Bertz CT molecular complexity index is 176. The summed E-state index contributed by atoms with van der Waals surface area (Å²) in [7, 11) is 0. The molecule has 8 heavy (non-hydrogen) atoms. The lowest BCUT2D eigenvalue weighted by molar-refractivity contribution is 1.33. The molecule has 1 aliphatic rings. The van der Waals surface area contributed by atoms with Crippen molar-refractivity contribution >= 4 is 0 Å². The van der Waals surface area contributed by atoms with Gasteiger partial charge in [0, 0.05) is 0 Å². The first kappa shape index (κ1) is 5.14. The molecule has 0 saturated carbocycles.